The highest BCUT2D eigenvalue weighted by Crippen LogP contribution is 2.37. The standard InChI is InChI=1S/C15H10N4O11/c1-7-3-9(16(21)22)5-11(18(25)26)13(7)29-15(20)30-14-8(2)4-10(17(23)24)6-12(14)19(27)28/h3-6H,1-2H3. The lowest BCUT2D eigenvalue weighted by Crippen LogP contribution is -2.17. The lowest BCUT2D eigenvalue weighted by atomic mass is 10.1. The molecule has 0 unspecified atom stereocenters. The number of rotatable bonds is 6. The fourth-order valence-corrected chi connectivity index (χ4v) is 2.41. The first kappa shape index (κ1) is 21.6. The van der Waals surface area contributed by atoms with Gasteiger partial charge >= 0.3 is 17.5 Å². The van der Waals surface area contributed by atoms with E-state index in [9.17, 15) is 45.3 Å². The third-order valence-corrected chi connectivity index (χ3v) is 3.67. The van der Waals surface area contributed by atoms with Gasteiger partial charge in [-0.15, -0.1) is 0 Å². The van der Waals surface area contributed by atoms with Crippen molar-refractivity contribution in [2.24, 2.45) is 0 Å². The van der Waals surface area contributed by atoms with Crippen LogP contribution in [-0.2, 0) is 0 Å². The predicted octanol–water partition coefficient (Wildman–Crippen LogP) is 3.51. The summed E-state index contributed by atoms with van der Waals surface area (Å²) in [6.07, 6.45) is -1.63. The van der Waals surface area contributed by atoms with E-state index in [2.05, 4.69) is 0 Å². The first-order valence-corrected chi connectivity index (χ1v) is 7.69. The lowest BCUT2D eigenvalue weighted by molar-refractivity contribution is -0.394. The maximum atomic E-state index is 12.1. The van der Waals surface area contributed by atoms with E-state index in [1.165, 1.54) is 13.8 Å². The van der Waals surface area contributed by atoms with Crippen molar-refractivity contribution in [2.75, 3.05) is 0 Å². The van der Waals surface area contributed by atoms with Crippen molar-refractivity contribution in [3.8, 4) is 11.5 Å². The molecule has 0 amide bonds. The number of ether oxygens (including phenoxy) is 2. The highest BCUT2D eigenvalue weighted by atomic mass is 16.7. The number of hydrogen-bond acceptors (Lipinski definition) is 11. The molecule has 0 bridgehead atoms. The van der Waals surface area contributed by atoms with E-state index in [0.717, 1.165) is 12.1 Å². The number of carbonyl (C=O) groups is 1. The first-order valence-electron chi connectivity index (χ1n) is 7.69. The molecule has 0 fully saturated rings. The summed E-state index contributed by atoms with van der Waals surface area (Å²) in [5, 5.41) is 44.1. The minimum absolute atomic E-state index is 0.150. The highest BCUT2D eigenvalue weighted by Gasteiger charge is 2.29. The van der Waals surface area contributed by atoms with Crippen LogP contribution in [0, 0.1) is 54.3 Å². The van der Waals surface area contributed by atoms with Crippen molar-refractivity contribution >= 4 is 28.9 Å². The molecule has 0 aliphatic rings. The number of nitro groups is 4. The molecule has 15 heteroatoms. The van der Waals surface area contributed by atoms with E-state index >= 15 is 0 Å². The number of hydrogen-bond donors (Lipinski definition) is 0. The topological polar surface area (TPSA) is 208 Å². The van der Waals surface area contributed by atoms with Crippen LogP contribution in [0.4, 0.5) is 27.5 Å². The fourth-order valence-electron chi connectivity index (χ4n) is 2.41. The summed E-state index contributed by atoms with van der Waals surface area (Å²) >= 11 is 0. The molecule has 2 aromatic carbocycles. The van der Waals surface area contributed by atoms with E-state index < -0.39 is 60.1 Å². The van der Waals surface area contributed by atoms with Gasteiger partial charge in [0.05, 0.1) is 31.8 Å². The Morgan fingerprint density at radius 3 is 1.27 bits per heavy atom. The number of carbonyl (C=O) groups excluding carboxylic acids is 1. The van der Waals surface area contributed by atoms with Crippen molar-refractivity contribution in [3.63, 3.8) is 0 Å². The van der Waals surface area contributed by atoms with Crippen molar-refractivity contribution in [2.45, 2.75) is 13.8 Å². The zero-order valence-electron chi connectivity index (χ0n) is 15.1. The van der Waals surface area contributed by atoms with Gasteiger partial charge in [-0.3, -0.25) is 40.5 Å². The molecule has 0 aliphatic carbocycles. The molecule has 2 rings (SSSR count). The Morgan fingerprint density at radius 1 is 0.667 bits per heavy atom. The van der Waals surface area contributed by atoms with Crippen LogP contribution >= 0.6 is 0 Å². The Hall–Kier alpha value is -4.69. The number of benzene rings is 2. The molecular formula is C15H10N4O11. The van der Waals surface area contributed by atoms with E-state index in [-0.39, 0.29) is 11.1 Å². The molecule has 30 heavy (non-hydrogen) atoms. The highest BCUT2D eigenvalue weighted by molar-refractivity contribution is 5.74. The first-order chi connectivity index (χ1) is 13.9. The average Bonchev–Trinajstić information content (AvgIpc) is 2.63. The molecule has 0 N–H and O–H groups in total. The minimum atomic E-state index is -1.63. The molecule has 0 radical (unpaired) electrons. The molecule has 156 valence electrons. The second-order valence-corrected chi connectivity index (χ2v) is 5.70. The Balaban J connectivity index is 2.44. The lowest BCUT2D eigenvalue weighted by Gasteiger charge is -2.10. The molecular weight excluding hydrogens is 412 g/mol. The molecule has 0 aliphatic heterocycles. The van der Waals surface area contributed by atoms with Crippen LogP contribution < -0.4 is 9.47 Å². The van der Waals surface area contributed by atoms with Crippen LogP contribution in [0.3, 0.4) is 0 Å². The van der Waals surface area contributed by atoms with E-state index in [1.54, 1.807) is 0 Å². The summed E-state index contributed by atoms with van der Waals surface area (Å²) in [7, 11) is 0. The summed E-state index contributed by atoms with van der Waals surface area (Å²) in [5.74, 6) is -1.34. The molecule has 0 saturated heterocycles. The van der Waals surface area contributed by atoms with Gasteiger partial charge in [0.1, 0.15) is 0 Å². The molecule has 2 aromatic rings. The van der Waals surface area contributed by atoms with Gasteiger partial charge < -0.3 is 9.47 Å². The third-order valence-electron chi connectivity index (χ3n) is 3.67. The zero-order chi connectivity index (χ0) is 22.7. The molecule has 0 spiro atoms. The smallest absolute Gasteiger partial charge is 0.387 e. The molecule has 0 saturated carbocycles. The van der Waals surface area contributed by atoms with Gasteiger partial charge in [-0.25, -0.2) is 4.79 Å². The Morgan fingerprint density at radius 2 is 1.00 bits per heavy atom. The van der Waals surface area contributed by atoms with Crippen LogP contribution in [0.25, 0.3) is 0 Å². The van der Waals surface area contributed by atoms with E-state index in [0.29, 0.717) is 12.1 Å². The maximum Gasteiger partial charge on any atom is 0.519 e. The van der Waals surface area contributed by atoms with Crippen LogP contribution in [0.1, 0.15) is 11.1 Å². The van der Waals surface area contributed by atoms with Crippen LogP contribution in [0.5, 0.6) is 11.5 Å². The number of nitrogens with zero attached hydrogens (tertiary/aromatic N) is 4. The Bertz CT molecular complexity index is 1030. The van der Waals surface area contributed by atoms with Gasteiger partial charge in [0, 0.05) is 23.3 Å². The SMILES string of the molecule is Cc1cc([N+](=O)[O-])cc([N+](=O)[O-])c1OC(=O)Oc1c(C)cc([N+](=O)[O-])cc1[N+](=O)[O-]. The number of non-ortho nitro benzene ring substituents is 2. The number of nitro benzene ring substituents is 4. The Kier molecular flexibility index (Phi) is 5.86. The van der Waals surface area contributed by atoms with E-state index in [4.69, 9.17) is 9.47 Å². The third kappa shape index (κ3) is 4.41. The molecule has 15 nitrogen and oxygen atoms in total. The Labute approximate surface area is 165 Å². The monoisotopic (exact) mass is 422 g/mol. The van der Waals surface area contributed by atoms with Crippen molar-refractivity contribution in [1.29, 1.82) is 0 Å². The van der Waals surface area contributed by atoms with Crippen LogP contribution in [0.2, 0.25) is 0 Å². The summed E-state index contributed by atoms with van der Waals surface area (Å²) in [6, 6.07) is 2.95. The summed E-state index contributed by atoms with van der Waals surface area (Å²) in [5.41, 5.74) is -3.36. The van der Waals surface area contributed by atoms with Gasteiger partial charge in [0.25, 0.3) is 11.4 Å². The number of aryl methyl sites for hydroxylation is 2. The normalized spacial score (nSPS) is 10.2. The molecule has 0 aromatic heterocycles. The van der Waals surface area contributed by atoms with Gasteiger partial charge in [0.2, 0.25) is 11.5 Å². The second kappa shape index (κ2) is 8.13. The van der Waals surface area contributed by atoms with Gasteiger partial charge in [0.15, 0.2) is 0 Å². The van der Waals surface area contributed by atoms with Crippen LogP contribution in [-0.4, -0.2) is 25.8 Å². The van der Waals surface area contributed by atoms with Crippen LogP contribution in [0.15, 0.2) is 24.3 Å². The predicted molar refractivity (Wildman–Crippen MR) is 95.6 cm³/mol. The van der Waals surface area contributed by atoms with E-state index in [1.807, 2.05) is 0 Å². The fraction of sp³-hybridized carbons (Fsp3) is 0.133. The summed E-state index contributed by atoms with van der Waals surface area (Å²) < 4.78 is 9.52. The van der Waals surface area contributed by atoms with Gasteiger partial charge in [-0.05, 0) is 13.8 Å². The zero-order valence-corrected chi connectivity index (χ0v) is 15.1. The average molecular weight is 422 g/mol. The largest absolute Gasteiger partial charge is 0.519 e. The minimum Gasteiger partial charge on any atom is -0.387 e. The maximum absolute atomic E-state index is 12.1. The summed E-state index contributed by atoms with van der Waals surface area (Å²) in [6.45, 7) is 2.39. The van der Waals surface area contributed by atoms with Gasteiger partial charge in [-0.2, -0.15) is 0 Å². The van der Waals surface area contributed by atoms with Crippen molar-refractivity contribution < 1.29 is 34.0 Å². The molecule has 0 atom stereocenters. The molecule has 0 heterocycles. The van der Waals surface area contributed by atoms with Crippen molar-refractivity contribution in [3.05, 3.63) is 75.8 Å². The summed E-state index contributed by atoms with van der Waals surface area (Å²) in [4.78, 5) is 52.4. The second-order valence-electron chi connectivity index (χ2n) is 5.70. The van der Waals surface area contributed by atoms with Gasteiger partial charge in [-0.1, -0.05) is 0 Å². The quantitative estimate of drug-likeness (QED) is 0.284. The van der Waals surface area contributed by atoms with Crippen molar-refractivity contribution in [1.82, 2.24) is 0 Å².